The fraction of sp³-hybridized carbons (Fsp3) is 0.545. The standard InChI is InChI=1S/C11H14F3N3O2S/c1-7(2)17-4-3-8(18)16-10(17)20-5-9(19)15-6-11(12,13)14/h3-4,7H,5-6H2,1-2H3,(H,15,19). The Morgan fingerprint density at radius 2 is 2.15 bits per heavy atom. The molecule has 20 heavy (non-hydrogen) atoms. The van der Waals surface area contributed by atoms with Crippen molar-refractivity contribution in [1.82, 2.24) is 14.9 Å². The highest BCUT2D eigenvalue weighted by molar-refractivity contribution is 7.99. The molecular weight excluding hydrogens is 295 g/mol. The summed E-state index contributed by atoms with van der Waals surface area (Å²) in [5.41, 5.74) is -0.458. The summed E-state index contributed by atoms with van der Waals surface area (Å²) in [5, 5.41) is 2.06. The number of hydrogen-bond donors (Lipinski definition) is 1. The van der Waals surface area contributed by atoms with Crippen LogP contribution in [0.1, 0.15) is 19.9 Å². The van der Waals surface area contributed by atoms with Gasteiger partial charge in [0.25, 0.3) is 5.56 Å². The Bertz CT molecular complexity index is 528. The Morgan fingerprint density at radius 3 is 2.70 bits per heavy atom. The van der Waals surface area contributed by atoms with E-state index in [0.29, 0.717) is 5.16 Å². The van der Waals surface area contributed by atoms with E-state index in [1.807, 2.05) is 13.8 Å². The molecular formula is C11H14F3N3O2S. The van der Waals surface area contributed by atoms with Crippen LogP contribution in [0.3, 0.4) is 0 Å². The molecule has 0 spiro atoms. The Labute approximate surface area is 117 Å². The smallest absolute Gasteiger partial charge is 0.346 e. The first-order valence-corrected chi connectivity index (χ1v) is 6.73. The summed E-state index contributed by atoms with van der Waals surface area (Å²) in [6.45, 7) is 2.35. The molecule has 0 aliphatic carbocycles. The molecule has 0 fully saturated rings. The quantitative estimate of drug-likeness (QED) is 0.663. The van der Waals surface area contributed by atoms with Gasteiger partial charge in [-0.25, -0.2) is 0 Å². The number of hydrogen-bond acceptors (Lipinski definition) is 4. The van der Waals surface area contributed by atoms with Gasteiger partial charge in [0.05, 0.1) is 5.75 Å². The zero-order valence-corrected chi connectivity index (χ0v) is 11.7. The number of nitrogens with zero attached hydrogens (tertiary/aromatic N) is 2. The molecule has 9 heteroatoms. The van der Waals surface area contributed by atoms with Crippen molar-refractivity contribution in [2.75, 3.05) is 12.3 Å². The third-order valence-electron chi connectivity index (χ3n) is 2.18. The second kappa shape index (κ2) is 6.78. The molecule has 1 rings (SSSR count). The monoisotopic (exact) mass is 309 g/mol. The van der Waals surface area contributed by atoms with Crippen molar-refractivity contribution in [3.8, 4) is 0 Å². The van der Waals surface area contributed by atoms with Crippen molar-refractivity contribution in [2.24, 2.45) is 0 Å². The van der Waals surface area contributed by atoms with Crippen LogP contribution in [0.25, 0.3) is 0 Å². The molecule has 0 radical (unpaired) electrons. The average molecular weight is 309 g/mol. The van der Waals surface area contributed by atoms with E-state index in [1.54, 1.807) is 9.88 Å². The third-order valence-corrected chi connectivity index (χ3v) is 3.15. The number of thioether (sulfide) groups is 1. The van der Waals surface area contributed by atoms with Gasteiger partial charge in [-0.05, 0) is 13.8 Å². The fourth-order valence-corrected chi connectivity index (χ4v) is 2.21. The first-order chi connectivity index (χ1) is 9.19. The van der Waals surface area contributed by atoms with Gasteiger partial charge in [0.1, 0.15) is 6.54 Å². The number of nitrogens with one attached hydrogen (secondary N) is 1. The van der Waals surface area contributed by atoms with Crippen molar-refractivity contribution < 1.29 is 18.0 Å². The van der Waals surface area contributed by atoms with Crippen LogP contribution in [0.15, 0.2) is 22.2 Å². The molecule has 1 aromatic heterocycles. The van der Waals surface area contributed by atoms with Gasteiger partial charge in [0, 0.05) is 18.3 Å². The van der Waals surface area contributed by atoms with Gasteiger partial charge in [-0.15, -0.1) is 0 Å². The Morgan fingerprint density at radius 1 is 1.50 bits per heavy atom. The SMILES string of the molecule is CC(C)n1ccc(=O)nc1SCC(=O)NCC(F)(F)F. The molecule has 1 N–H and O–H groups in total. The number of alkyl halides is 3. The van der Waals surface area contributed by atoms with E-state index in [0.717, 1.165) is 11.8 Å². The van der Waals surface area contributed by atoms with Gasteiger partial charge in [-0.2, -0.15) is 18.2 Å². The molecule has 0 aliphatic heterocycles. The van der Waals surface area contributed by atoms with Gasteiger partial charge in [0.15, 0.2) is 5.16 Å². The van der Waals surface area contributed by atoms with Crippen LogP contribution in [-0.4, -0.2) is 33.9 Å². The maximum atomic E-state index is 11.9. The van der Waals surface area contributed by atoms with Crippen LogP contribution < -0.4 is 10.9 Å². The zero-order valence-electron chi connectivity index (χ0n) is 10.9. The predicted molar refractivity (Wildman–Crippen MR) is 68.7 cm³/mol. The first kappa shape index (κ1) is 16.5. The Hall–Kier alpha value is -1.51. The van der Waals surface area contributed by atoms with Crippen LogP contribution in [0.4, 0.5) is 13.2 Å². The summed E-state index contributed by atoms with van der Waals surface area (Å²) >= 11 is 0.921. The van der Waals surface area contributed by atoms with Crippen molar-refractivity contribution in [1.29, 1.82) is 0 Å². The molecule has 0 saturated carbocycles. The molecule has 5 nitrogen and oxygen atoms in total. The number of carbonyl (C=O) groups is 1. The number of aromatic nitrogens is 2. The normalized spacial score (nSPS) is 11.7. The van der Waals surface area contributed by atoms with E-state index in [2.05, 4.69) is 4.98 Å². The number of halogens is 3. The zero-order chi connectivity index (χ0) is 15.3. The van der Waals surface area contributed by atoms with E-state index < -0.39 is 24.2 Å². The lowest BCUT2D eigenvalue weighted by Crippen LogP contribution is -2.34. The molecule has 1 amide bonds. The van der Waals surface area contributed by atoms with Crippen molar-refractivity contribution in [2.45, 2.75) is 31.2 Å². The van der Waals surface area contributed by atoms with Gasteiger partial charge in [-0.3, -0.25) is 9.59 Å². The van der Waals surface area contributed by atoms with Gasteiger partial charge >= 0.3 is 6.18 Å². The minimum absolute atomic E-state index is 0.0174. The lowest BCUT2D eigenvalue weighted by atomic mass is 10.4. The fourth-order valence-electron chi connectivity index (χ4n) is 1.28. The molecule has 0 unspecified atom stereocenters. The van der Waals surface area contributed by atoms with E-state index >= 15 is 0 Å². The average Bonchev–Trinajstić information content (AvgIpc) is 2.32. The molecule has 112 valence electrons. The topological polar surface area (TPSA) is 64.0 Å². The summed E-state index contributed by atoms with van der Waals surface area (Å²) in [6, 6.07) is 1.30. The Kier molecular flexibility index (Phi) is 5.61. The van der Waals surface area contributed by atoms with Crippen molar-refractivity contribution in [3.63, 3.8) is 0 Å². The lowest BCUT2D eigenvalue weighted by molar-refractivity contribution is -0.136. The highest BCUT2D eigenvalue weighted by atomic mass is 32.2. The van der Waals surface area contributed by atoms with Gasteiger partial charge < -0.3 is 9.88 Å². The maximum Gasteiger partial charge on any atom is 0.405 e. The highest BCUT2D eigenvalue weighted by Crippen LogP contribution is 2.18. The van der Waals surface area contributed by atoms with Gasteiger partial charge in [-0.1, -0.05) is 11.8 Å². The largest absolute Gasteiger partial charge is 0.405 e. The molecule has 0 bridgehead atoms. The first-order valence-electron chi connectivity index (χ1n) is 5.74. The molecule has 0 aromatic carbocycles. The van der Waals surface area contributed by atoms with Crippen LogP contribution in [0.2, 0.25) is 0 Å². The van der Waals surface area contributed by atoms with E-state index in [1.165, 1.54) is 12.3 Å². The Balaban J connectivity index is 2.63. The molecule has 1 heterocycles. The van der Waals surface area contributed by atoms with Crippen LogP contribution >= 0.6 is 11.8 Å². The van der Waals surface area contributed by atoms with E-state index in [-0.39, 0.29) is 11.8 Å². The van der Waals surface area contributed by atoms with Crippen molar-refractivity contribution >= 4 is 17.7 Å². The number of rotatable bonds is 5. The minimum atomic E-state index is -4.44. The highest BCUT2D eigenvalue weighted by Gasteiger charge is 2.27. The number of carbonyl (C=O) groups excluding carboxylic acids is 1. The van der Waals surface area contributed by atoms with Crippen LogP contribution in [0.5, 0.6) is 0 Å². The summed E-state index contributed by atoms with van der Waals surface area (Å²) < 4.78 is 37.4. The summed E-state index contributed by atoms with van der Waals surface area (Å²) in [6.07, 6.45) is -2.90. The summed E-state index contributed by atoms with van der Waals surface area (Å²) in [7, 11) is 0. The molecule has 0 aliphatic rings. The van der Waals surface area contributed by atoms with Crippen LogP contribution in [-0.2, 0) is 4.79 Å². The summed E-state index contributed by atoms with van der Waals surface area (Å²) in [4.78, 5) is 26.2. The predicted octanol–water partition coefficient (Wildman–Crippen LogP) is 1.59. The van der Waals surface area contributed by atoms with Crippen LogP contribution in [0, 0.1) is 0 Å². The second-order valence-corrected chi connectivity index (χ2v) is 5.17. The van der Waals surface area contributed by atoms with Gasteiger partial charge in [0.2, 0.25) is 5.91 Å². The maximum absolute atomic E-state index is 11.9. The van der Waals surface area contributed by atoms with E-state index in [9.17, 15) is 22.8 Å². The van der Waals surface area contributed by atoms with Crippen molar-refractivity contribution in [3.05, 3.63) is 22.6 Å². The lowest BCUT2D eigenvalue weighted by Gasteiger charge is -2.14. The molecule has 0 atom stereocenters. The molecule has 1 aromatic rings. The molecule has 0 saturated heterocycles. The van der Waals surface area contributed by atoms with E-state index in [4.69, 9.17) is 0 Å². The second-order valence-electron chi connectivity index (χ2n) is 4.23. The third kappa shape index (κ3) is 5.64. The summed E-state index contributed by atoms with van der Waals surface area (Å²) in [5.74, 6) is -1.00. The number of amides is 1. The minimum Gasteiger partial charge on any atom is -0.346 e.